The highest BCUT2D eigenvalue weighted by molar-refractivity contribution is 5.91. The smallest absolute Gasteiger partial charge is 0.256 e. The predicted molar refractivity (Wildman–Crippen MR) is 75.7 cm³/mol. The number of aromatic nitrogens is 3. The second-order valence-electron chi connectivity index (χ2n) is 5.90. The molecule has 0 aromatic carbocycles. The van der Waals surface area contributed by atoms with Crippen LogP contribution in [-0.2, 0) is 0 Å². The number of aromatic amines is 1. The Morgan fingerprint density at radius 2 is 2.19 bits per heavy atom. The lowest BCUT2D eigenvalue weighted by Crippen LogP contribution is -2.38. The van der Waals surface area contributed by atoms with Gasteiger partial charge >= 0.3 is 0 Å². The van der Waals surface area contributed by atoms with Crippen molar-refractivity contribution in [1.29, 1.82) is 0 Å². The molecule has 2 aliphatic rings. The Morgan fingerprint density at radius 1 is 1.33 bits per heavy atom. The Balaban J connectivity index is 1.69. The Kier molecular flexibility index (Phi) is 2.85. The zero-order valence-corrected chi connectivity index (χ0v) is 11.5. The first-order valence-electron chi connectivity index (χ1n) is 7.32. The van der Waals surface area contributed by atoms with Crippen LogP contribution in [0.5, 0.6) is 0 Å². The van der Waals surface area contributed by atoms with E-state index in [1.54, 1.807) is 6.20 Å². The summed E-state index contributed by atoms with van der Waals surface area (Å²) >= 11 is 0. The van der Waals surface area contributed by atoms with Gasteiger partial charge in [0.05, 0.1) is 11.3 Å². The van der Waals surface area contributed by atoms with Crippen LogP contribution in [0.3, 0.4) is 0 Å². The summed E-state index contributed by atoms with van der Waals surface area (Å²) in [7, 11) is 0. The number of nitrogens with one attached hydrogen (secondary N) is 3. The molecule has 3 heterocycles. The normalized spacial score (nSPS) is 27.7. The molecule has 2 atom stereocenters. The van der Waals surface area contributed by atoms with Crippen LogP contribution in [0.2, 0.25) is 0 Å². The molecule has 1 aliphatic heterocycles. The number of H-pyrrole nitrogens is 1. The lowest BCUT2D eigenvalue weighted by atomic mass is 10.1. The summed E-state index contributed by atoms with van der Waals surface area (Å²) in [6.45, 7) is 1.89. The molecular weight excluding hydrogens is 276 g/mol. The molecule has 1 saturated carbocycles. The average molecular weight is 293 g/mol. The Hall–Kier alpha value is -1.76. The van der Waals surface area contributed by atoms with Crippen molar-refractivity contribution in [3.05, 3.63) is 18.1 Å². The van der Waals surface area contributed by atoms with Crippen molar-refractivity contribution < 1.29 is 8.78 Å². The van der Waals surface area contributed by atoms with Crippen molar-refractivity contribution in [2.45, 2.75) is 37.1 Å². The van der Waals surface area contributed by atoms with Gasteiger partial charge in [0.2, 0.25) is 0 Å². The molecule has 1 saturated heterocycles. The summed E-state index contributed by atoms with van der Waals surface area (Å²) in [5.74, 6) is -2.64. The molecule has 21 heavy (non-hydrogen) atoms. The number of anilines is 1. The quantitative estimate of drug-likeness (QED) is 0.812. The van der Waals surface area contributed by atoms with Gasteiger partial charge in [0.15, 0.2) is 0 Å². The van der Waals surface area contributed by atoms with E-state index >= 15 is 0 Å². The van der Waals surface area contributed by atoms with Gasteiger partial charge < -0.3 is 15.6 Å². The van der Waals surface area contributed by atoms with Gasteiger partial charge in [-0.05, 0) is 24.9 Å². The van der Waals surface area contributed by atoms with E-state index in [-0.39, 0.29) is 12.5 Å². The fourth-order valence-electron chi connectivity index (χ4n) is 3.09. The molecule has 3 N–H and O–H groups in total. The number of alkyl halides is 2. The maximum Gasteiger partial charge on any atom is 0.256 e. The largest absolute Gasteiger partial charge is 0.365 e. The SMILES string of the molecule is FC1(F)CC1c1c[nH]c2ncnc(N[C@@H]3CCCNC3)c12. The van der Waals surface area contributed by atoms with E-state index < -0.39 is 11.8 Å². The molecule has 2 aromatic rings. The van der Waals surface area contributed by atoms with Crippen LogP contribution in [0.25, 0.3) is 11.0 Å². The molecular formula is C14H17F2N5. The van der Waals surface area contributed by atoms with E-state index in [0.717, 1.165) is 25.9 Å². The van der Waals surface area contributed by atoms with Crippen molar-refractivity contribution in [3.63, 3.8) is 0 Å². The number of fused-ring (bicyclic) bond motifs is 1. The van der Waals surface area contributed by atoms with Gasteiger partial charge in [-0.1, -0.05) is 0 Å². The highest BCUT2D eigenvalue weighted by Gasteiger charge is 2.58. The number of rotatable bonds is 3. The first kappa shape index (κ1) is 12.9. The van der Waals surface area contributed by atoms with Gasteiger partial charge in [-0.15, -0.1) is 0 Å². The molecule has 1 unspecified atom stereocenters. The number of hydrogen-bond acceptors (Lipinski definition) is 4. The number of nitrogens with zero attached hydrogens (tertiary/aromatic N) is 2. The lowest BCUT2D eigenvalue weighted by molar-refractivity contribution is 0.112. The van der Waals surface area contributed by atoms with Gasteiger partial charge in [0.1, 0.15) is 17.8 Å². The van der Waals surface area contributed by atoms with E-state index in [1.807, 2.05) is 0 Å². The van der Waals surface area contributed by atoms with Crippen molar-refractivity contribution in [3.8, 4) is 0 Å². The molecule has 1 aliphatic carbocycles. The highest BCUT2D eigenvalue weighted by Crippen LogP contribution is 2.57. The number of piperidine rings is 1. The molecule has 2 fully saturated rings. The fraction of sp³-hybridized carbons (Fsp3) is 0.571. The molecule has 4 rings (SSSR count). The Bertz CT molecular complexity index is 662. The number of halogens is 2. The van der Waals surface area contributed by atoms with Crippen LogP contribution in [0, 0.1) is 0 Å². The van der Waals surface area contributed by atoms with E-state index in [1.165, 1.54) is 6.33 Å². The maximum atomic E-state index is 13.4. The van der Waals surface area contributed by atoms with Gasteiger partial charge in [-0.2, -0.15) is 0 Å². The third kappa shape index (κ3) is 2.25. The van der Waals surface area contributed by atoms with Gasteiger partial charge in [-0.3, -0.25) is 0 Å². The summed E-state index contributed by atoms with van der Waals surface area (Å²) in [5.41, 5.74) is 1.25. The van der Waals surface area contributed by atoms with E-state index in [9.17, 15) is 8.78 Å². The Morgan fingerprint density at radius 3 is 2.90 bits per heavy atom. The third-order valence-corrected chi connectivity index (χ3v) is 4.34. The summed E-state index contributed by atoms with van der Waals surface area (Å²) in [5, 5.41) is 7.42. The van der Waals surface area contributed by atoms with Crippen molar-refractivity contribution in [2.24, 2.45) is 0 Å². The zero-order valence-electron chi connectivity index (χ0n) is 11.5. The molecule has 5 nitrogen and oxygen atoms in total. The molecule has 0 radical (unpaired) electrons. The van der Waals surface area contributed by atoms with Crippen LogP contribution in [0.4, 0.5) is 14.6 Å². The molecule has 2 aromatic heterocycles. The van der Waals surface area contributed by atoms with E-state index in [2.05, 4.69) is 25.6 Å². The second-order valence-corrected chi connectivity index (χ2v) is 5.90. The lowest BCUT2D eigenvalue weighted by Gasteiger charge is -2.24. The second kappa shape index (κ2) is 4.62. The first-order valence-corrected chi connectivity index (χ1v) is 7.32. The van der Waals surface area contributed by atoms with Crippen molar-refractivity contribution in [1.82, 2.24) is 20.3 Å². The van der Waals surface area contributed by atoms with Crippen LogP contribution < -0.4 is 10.6 Å². The number of hydrogen-bond donors (Lipinski definition) is 3. The summed E-state index contributed by atoms with van der Waals surface area (Å²) < 4.78 is 26.8. The molecule has 112 valence electrons. The van der Waals surface area contributed by atoms with E-state index in [4.69, 9.17) is 0 Å². The molecule has 0 bridgehead atoms. The topological polar surface area (TPSA) is 65.6 Å². The standard InChI is InChI=1S/C14H17F2N5/c15-14(16)4-10(14)9-6-18-12-11(9)13(20-7-19-12)21-8-2-1-3-17-5-8/h6-8,10,17H,1-5H2,(H2,18,19,20,21)/t8-,10?/m1/s1. The van der Waals surface area contributed by atoms with Crippen LogP contribution in [0.1, 0.15) is 30.7 Å². The molecule has 7 heteroatoms. The van der Waals surface area contributed by atoms with Crippen LogP contribution in [-0.4, -0.2) is 40.0 Å². The molecule has 0 spiro atoms. The summed E-state index contributed by atoms with van der Waals surface area (Å²) in [4.78, 5) is 11.4. The minimum atomic E-state index is -2.59. The van der Waals surface area contributed by atoms with Crippen LogP contribution >= 0.6 is 0 Å². The van der Waals surface area contributed by atoms with Gasteiger partial charge in [0.25, 0.3) is 5.92 Å². The average Bonchev–Trinajstić information content (AvgIpc) is 2.93. The predicted octanol–water partition coefficient (Wildman–Crippen LogP) is 2.24. The monoisotopic (exact) mass is 293 g/mol. The highest BCUT2D eigenvalue weighted by atomic mass is 19.3. The minimum Gasteiger partial charge on any atom is -0.365 e. The van der Waals surface area contributed by atoms with Crippen LogP contribution in [0.15, 0.2) is 12.5 Å². The zero-order chi connectivity index (χ0) is 14.4. The Labute approximate surface area is 120 Å². The van der Waals surface area contributed by atoms with Gasteiger partial charge in [0, 0.05) is 25.2 Å². The molecule has 0 amide bonds. The fourth-order valence-corrected chi connectivity index (χ4v) is 3.09. The summed E-state index contributed by atoms with van der Waals surface area (Å²) in [6, 6.07) is 0.277. The van der Waals surface area contributed by atoms with Crippen molar-refractivity contribution in [2.75, 3.05) is 18.4 Å². The maximum absolute atomic E-state index is 13.4. The van der Waals surface area contributed by atoms with Gasteiger partial charge in [-0.25, -0.2) is 18.7 Å². The minimum absolute atomic E-state index is 0.0841. The summed E-state index contributed by atoms with van der Waals surface area (Å²) in [6.07, 6.45) is 5.19. The van der Waals surface area contributed by atoms with Crippen molar-refractivity contribution >= 4 is 16.9 Å². The van der Waals surface area contributed by atoms with E-state index in [0.29, 0.717) is 22.4 Å². The first-order chi connectivity index (χ1) is 10.1. The third-order valence-electron chi connectivity index (χ3n) is 4.34.